The minimum absolute atomic E-state index is 0.0184. The number of amides is 1. The highest BCUT2D eigenvalue weighted by atomic mass is 35.5. The fourth-order valence-corrected chi connectivity index (χ4v) is 3.83. The van der Waals surface area contributed by atoms with Gasteiger partial charge < -0.3 is 9.64 Å². The average molecular weight is 439 g/mol. The topological polar surface area (TPSA) is 92.8 Å². The van der Waals surface area contributed by atoms with Crippen LogP contribution in [-0.4, -0.2) is 44.9 Å². The van der Waals surface area contributed by atoms with E-state index in [4.69, 9.17) is 16.3 Å². The SMILES string of the molecule is CNS(=O)(=O)c1cc(C(=O)OCC(=O)N(Cc2ccccc2)C(C)C)ccc1Cl. The number of carbonyl (C=O) groups is 2. The van der Waals surface area contributed by atoms with Gasteiger partial charge in [-0.05, 0) is 44.7 Å². The smallest absolute Gasteiger partial charge is 0.338 e. The standard InChI is InChI=1S/C20H23ClN2O5S/c1-14(2)23(12-15-7-5-4-6-8-15)19(24)13-28-20(25)16-9-10-17(21)18(11-16)29(26,27)22-3/h4-11,14,22H,12-13H2,1-3H3. The van der Waals surface area contributed by atoms with Crippen molar-refractivity contribution < 1.29 is 22.7 Å². The molecule has 0 bridgehead atoms. The van der Waals surface area contributed by atoms with Gasteiger partial charge in [-0.2, -0.15) is 0 Å². The molecule has 0 saturated carbocycles. The second-order valence-electron chi connectivity index (χ2n) is 6.53. The van der Waals surface area contributed by atoms with Crippen LogP contribution in [0.25, 0.3) is 0 Å². The van der Waals surface area contributed by atoms with Crippen LogP contribution in [0.2, 0.25) is 5.02 Å². The molecule has 2 rings (SSSR count). The van der Waals surface area contributed by atoms with Crippen LogP contribution in [0.15, 0.2) is 53.4 Å². The Balaban J connectivity index is 2.09. The summed E-state index contributed by atoms with van der Waals surface area (Å²) in [4.78, 5) is 26.3. The van der Waals surface area contributed by atoms with Crippen molar-refractivity contribution in [2.45, 2.75) is 31.3 Å². The summed E-state index contributed by atoms with van der Waals surface area (Å²) in [5, 5.41) is -0.0270. The molecule has 29 heavy (non-hydrogen) atoms. The molecule has 1 amide bonds. The second-order valence-corrected chi connectivity index (χ2v) is 8.79. The van der Waals surface area contributed by atoms with E-state index in [0.717, 1.165) is 11.6 Å². The highest BCUT2D eigenvalue weighted by Gasteiger charge is 2.22. The Morgan fingerprint density at radius 1 is 1.14 bits per heavy atom. The zero-order valence-corrected chi connectivity index (χ0v) is 18.0. The molecule has 1 N–H and O–H groups in total. The van der Waals surface area contributed by atoms with Gasteiger partial charge in [-0.1, -0.05) is 41.9 Å². The van der Waals surface area contributed by atoms with Crippen LogP contribution in [-0.2, 0) is 26.1 Å². The molecule has 0 fully saturated rings. The van der Waals surface area contributed by atoms with E-state index in [1.54, 1.807) is 4.90 Å². The lowest BCUT2D eigenvalue weighted by molar-refractivity contribution is -0.136. The largest absolute Gasteiger partial charge is 0.452 e. The molecule has 156 valence electrons. The van der Waals surface area contributed by atoms with E-state index < -0.39 is 22.6 Å². The number of nitrogens with one attached hydrogen (secondary N) is 1. The first-order valence-electron chi connectivity index (χ1n) is 8.89. The predicted octanol–water partition coefficient (Wildman–Crippen LogP) is 2.84. The number of rotatable bonds is 8. The van der Waals surface area contributed by atoms with E-state index in [1.807, 2.05) is 44.2 Å². The first-order chi connectivity index (χ1) is 13.7. The van der Waals surface area contributed by atoms with Gasteiger partial charge in [0.2, 0.25) is 10.0 Å². The van der Waals surface area contributed by atoms with Crippen molar-refractivity contribution in [2.24, 2.45) is 0 Å². The summed E-state index contributed by atoms with van der Waals surface area (Å²) in [6.07, 6.45) is 0. The molecule has 0 aromatic heterocycles. The molecule has 2 aromatic carbocycles. The molecule has 0 radical (unpaired) electrons. The third-order valence-corrected chi connectivity index (χ3v) is 6.09. The maximum absolute atomic E-state index is 12.6. The molecule has 2 aromatic rings. The number of nitrogens with zero attached hydrogens (tertiary/aromatic N) is 1. The zero-order chi connectivity index (χ0) is 21.6. The van der Waals surface area contributed by atoms with Crippen molar-refractivity contribution in [1.29, 1.82) is 0 Å². The quantitative estimate of drug-likeness (QED) is 0.640. The number of esters is 1. The Morgan fingerprint density at radius 3 is 2.38 bits per heavy atom. The highest BCUT2D eigenvalue weighted by Crippen LogP contribution is 2.23. The van der Waals surface area contributed by atoms with Crippen molar-refractivity contribution >= 4 is 33.5 Å². The number of halogens is 1. The van der Waals surface area contributed by atoms with Gasteiger partial charge in [0, 0.05) is 12.6 Å². The summed E-state index contributed by atoms with van der Waals surface area (Å²) < 4.78 is 31.2. The van der Waals surface area contributed by atoms with Crippen molar-refractivity contribution in [3.8, 4) is 0 Å². The number of sulfonamides is 1. The number of hydrogen-bond donors (Lipinski definition) is 1. The second kappa shape index (κ2) is 9.87. The Hall–Kier alpha value is -2.42. The molecule has 0 spiro atoms. The minimum atomic E-state index is -3.84. The van der Waals surface area contributed by atoms with Crippen LogP contribution in [0.3, 0.4) is 0 Å². The van der Waals surface area contributed by atoms with Gasteiger partial charge >= 0.3 is 5.97 Å². The summed E-state index contributed by atoms with van der Waals surface area (Å²) in [6.45, 7) is 3.68. The van der Waals surface area contributed by atoms with Gasteiger partial charge in [0.25, 0.3) is 5.91 Å². The first kappa shape index (κ1) is 22.9. The van der Waals surface area contributed by atoms with Gasteiger partial charge in [0.1, 0.15) is 4.90 Å². The van der Waals surface area contributed by atoms with Crippen LogP contribution in [0.5, 0.6) is 0 Å². The molecule has 0 aliphatic carbocycles. The van der Waals surface area contributed by atoms with E-state index in [9.17, 15) is 18.0 Å². The highest BCUT2D eigenvalue weighted by molar-refractivity contribution is 7.89. The van der Waals surface area contributed by atoms with E-state index >= 15 is 0 Å². The fourth-order valence-electron chi connectivity index (χ4n) is 2.58. The Bertz CT molecular complexity index is 978. The maximum Gasteiger partial charge on any atom is 0.338 e. The van der Waals surface area contributed by atoms with E-state index in [1.165, 1.54) is 19.2 Å². The van der Waals surface area contributed by atoms with Gasteiger partial charge in [-0.25, -0.2) is 17.9 Å². The molecule has 0 heterocycles. The summed E-state index contributed by atoms with van der Waals surface area (Å²) in [7, 11) is -2.60. The molecule has 0 aliphatic rings. The number of ether oxygens (including phenoxy) is 1. The van der Waals surface area contributed by atoms with Gasteiger partial charge in [-0.3, -0.25) is 4.79 Å². The average Bonchev–Trinajstić information content (AvgIpc) is 2.70. The monoisotopic (exact) mass is 438 g/mol. The van der Waals surface area contributed by atoms with E-state index in [-0.39, 0.29) is 27.4 Å². The van der Waals surface area contributed by atoms with Crippen LogP contribution >= 0.6 is 11.6 Å². The molecule has 0 aliphatic heterocycles. The lowest BCUT2D eigenvalue weighted by atomic mass is 10.2. The summed E-state index contributed by atoms with van der Waals surface area (Å²) in [5.41, 5.74) is 0.940. The fraction of sp³-hybridized carbons (Fsp3) is 0.300. The lowest BCUT2D eigenvalue weighted by Gasteiger charge is -2.26. The molecule has 7 nitrogen and oxygen atoms in total. The normalized spacial score (nSPS) is 11.3. The van der Waals surface area contributed by atoms with Crippen molar-refractivity contribution in [1.82, 2.24) is 9.62 Å². The Labute approximate surface area is 175 Å². The van der Waals surface area contributed by atoms with Crippen LogP contribution in [0.4, 0.5) is 0 Å². The summed E-state index contributed by atoms with van der Waals surface area (Å²) in [5.74, 6) is -1.17. The van der Waals surface area contributed by atoms with E-state index in [2.05, 4.69) is 4.72 Å². The molecule has 0 atom stereocenters. The first-order valence-corrected chi connectivity index (χ1v) is 10.8. The molecular formula is C20H23ClN2O5S. The van der Waals surface area contributed by atoms with Crippen molar-refractivity contribution in [3.63, 3.8) is 0 Å². The van der Waals surface area contributed by atoms with Crippen molar-refractivity contribution in [3.05, 3.63) is 64.7 Å². The van der Waals surface area contributed by atoms with Gasteiger partial charge in [0.05, 0.1) is 10.6 Å². The third-order valence-electron chi connectivity index (χ3n) is 4.19. The Morgan fingerprint density at radius 2 is 1.79 bits per heavy atom. The Kier molecular flexibility index (Phi) is 7.78. The van der Waals surface area contributed by atoms with Crippen LogP contribution in [0.1, 0.15) is 29.8 Å². The summed E-state index contributed by atoms with van der Waals surface area (Å²) in [6, 6.07) is 13.1. The predicted molar refractivity (Wildman–Crippen MR) is 110 cm³/mol. The third kappa shape index (κ3) is 6.03. The summed E-state index contributed by atoms with van der Waals surface area (Å²) >= 11 is 5.91. The van der Waals surface area contributed by atoms with Crippen LogP contribution in [0, 0.1) is 0 Å². The number of carbonyl (C=O) groups excluding carboxylic acids is 2. The lowest BCUT2D eigenvalue weighted by Crippen LogP contribution is -2.39. The van der Waals surface area contributed by atoms with Crippen molar-refractivity contribution in [2.75, 3.05) is 13.7 Å². The molecule has 0 unspecified atom stereocenters. The minimum Gasteiger partial charge on any atom is -0.452 e. The molecule has 0 saturated heterocycles. The molecule has 9 heteroatoms. The number of hydrogen-bond acceptors (Lipinski definition) is 5. The van der Waals surface area contributed by atoms with Crippen LogP contribution < -0.4 is 4.72 Å². The van der Waals surface area contributed by atoms with E-state index in [0.29, 0.717) is 6.54 Å². The number of benzene rings is 2. The van der Waals surface area contributed by atoms with Gasteiger partial charge in [-0.15, -0.1) is 0 Å². The maximum atomic E-state index is 12.6. The molecular weight excluding hydrogens is 416 g/mol. The van der Waals surface area contributed by atoms with Gasteiger partial charge in [0.15, 0.2) is 6.61 Å². The zero-order valence-electron chi connectivity index (χ0n) is 16.4.